The molecule has 6 aromatic carbocycles. The van der Waals surface area contributed by atoms with Crippen LogP contribution in [0.5, 0.6) is 0 Å². The Balaban J connectivity index is 1.45. The van der Waals surface area contributed by atoms with Crippen LogP contribution in [0, 0.1) is 0 Å². The van der Waals surface area contributed by atoms with Crippen LogP contribution in [-0.2, 0) is 0 Å². The zero-order valence-electron chi connectivity index (χ0n) is 22.5. The molecule has 0 radical (unpaired) electrons. The first-order valence-corrected chi connectivity index (χ1v) is 14.1. The molecule has 42 heavy (non-hydrogen) atoms. The minimum atomic E-state index is 0.576. The van der Waals surface area contributed by atoms with Gasteiger partial charge >= 0.3 is 0 Å². The number of benzene rings is 6. The van der Waals surface area contributed by atoms with Crippen molar-refractivity contribution >= 4 is 54.6 Å². The molecule has 0 aliphatic carbocycles. The Bertz CT molecular complexity index is 2410. The second kappa shape index (κ2) is 8.88. The summed E-state index contributed by atoms with van der Waals surface area (Å²) < 4.78 is 8.60. The van der Waals surface area contributed by atoms with Gasteiger partial charge in [0.05, 0.1) is 22.1 Å². The van der Waals surface area contributed by atoms with Crippen LogP contribution in [0.4, 0.5) is 0 Å². The molecule has 0 N–H and O–H groups in total. The average Bonchev–Trinajstić information content (AvgIpc) is 3.60. The predicted octanol–water partition coefficient (Wildman–Crippen LogP) is 9.96. The van der Waals surface area contributed by atoms with E-state index in [1.165, 1.54) is 21.9 Å². The number of hydrogen-bond donors (Lipinski definition) is 0. The predicted molar refractivity (Wildman–Crippen MR) is 172 cm³/mol. The van der Waals surface area contributed by atoms with Gasteiger partial charge in [-0.2, -0.15) is 4.98 Å². The van der Waals surface area contributed by atoms with Gasteiger partial charge in [0.1, 0.15) is 5.58 Å². The van der Waals surface area contributed by atoms with E-state index in [1.807, 2.05) is 18.2 Å². The van der Waals surface area contributed by atoms with Gasteiger partial charge in [0.25, 0.3) is 0 Å². The van der Waals surface area contributed by atoms with Crippen LogP contribution in [0.3, 0.4) is 0 Å². The number of para-hydroxylation sites is 3. The normalized spacial score (nSPS) is 11.8. The highest BCUT2D eigenvalue weighted by Crippen LogP contribution is 2.42. The number of hydrogen-bond acceptors (Lipinski definition) is 3. The Morgan fingerprint density at radius 3 is 1.83 bits per heavy atom. The topological polar surface area (TPSA) is 43.9 Å². The second-order valence-electron chi connectivity index (χ2n) is 10.6. The standard InChI is InChI=1S/C38H23N3O/c1-2-12-24(13-3-1)26-19-10-14-25-15-11-20-30(34(25)26)36-35-29-18-6-9-23-33(29)42-37(35)40-38(39-36)41-31-21-7-4-16-27(31)28-17-5-8-22-32(28)41/h1-23H. The highest BCUT2D eigenvalue weighted by molar-refractivity contribution is 6.16. The summed E-state index contributed by atoms with van der Waals surface area (Å²) >= 11 is 0. The Labute approximate surface area is 241 Å². The van der Waals surface area contributed by atoms with Gasteiger partial charge in [-0.25, -0.2) is 4.98 Å². The maximum atomic E-state index is 6.44. The Morgan fingerprint density at radius 2 is 1.10 bits per heavy atom. The van der Waals surface area contributed by atoms with Crippen LogP contribution < -0.4 is 0 Å². The first-order chi connectivity index (χ1) is 20.8. The summed E-state index contributed by atoms with van der Waals surface area (Å²) in [5.41, 5.74) is 7.73. The van der Waals surface area contributed by atoms with E-state index >= 15 is 0 Å². The Hall–Kier alpha value is -5.74. The SMILES string of the molecule is c1ccc(-c2cccc3cccc(-c4nc(-n5c6ccccc6c6ccccc65)nc5oc6ccccc6c45)c23)cc1. The largest absolute Gasteiger partial charge is 0.437 e. The molecule has 0 spiro atoms. The van der Waals surface area contributed by atoms with Crippen molar-refractivity contribution in [1.82, 2.24) is 14.5 Å². The number of rotatable bonds is 3. The summed E-state index contributed by atoms with van der Waals surface area (Å²) in [4.78, 5) is 10.5. The van der Waals surface area contributed by atoms with Crippen molar-refractivity contribution in [2.75, 3.05) is 0 Å². The van der Waals surface area contributed by atoms with Crippen molar-refractivity contribution < 1.29 is 4.42 Å². The second-order valence-corrected chi connectivity index (χ2v) is 10.6. The van der Waals surface area contributed by atoms with Gasteiger partial charge in [-0.05, 0) is 40.1 Å². The molecule has 0 bridgehead atoms. The lowest BCUT2D eigenvalue weighted by molar-refractivity contribution is 0.651. The van der Waals surface area contributed by atoms with Crippen LogP contribution in [-0.4, -0.2) is 14.5 Å². The summed E-state index contributed by atoms with van der Waals surface area (Å²) in [6.07, 6.45) is 0. The minimum Gasteiger partial charge on any atom is -0.437 e. The van der Waals surface area contributed by atoms with Crippen molar-refractivity contribution in [3.63, 3.8) is 0 Å². The number of aromatic nitrogens is 3. The summed E-state index contributed by atoms with van der Waals surface area (Å²) in [5, 5.41) is 6.58. The van der Waals surface area contributed by atoms with E-state index < -0.39 is 0 Å². The first-order valence-electron chi connectivity index (χ1n) is 14.1. The van der Waals surface area contributed by atoms with Gasteiger partial charge in [0, 0.05) is 21.7 Å². The quantitative estimate of drug-likeness (QED) is 0.225. The molecule has 0 saturated heterocycles. The number of nitrogens with zero attached hydrogens (tertiary/aromatic N) is 3. The minimum absolute atomic E-state index is 0.576. The summed E-state index contributed by atoms with van der Waals surface area (Å²) in [6.45, 7) is 0. The molecule has 0 aliphatic rings. The first kappa shape index (κ1) is 23.0. The van der Waals surface area contributed by atoms with Crippen LogP contribution in [0.25, 0.3) is 83.0 Å². The molecule has 196 valence electrons. The average molecular weight is 538 g/mol. The highest BCUT2D eigenvalue weighted by Gasteiger charge is 2.22. The summed E-state index contributed by atoms with van der Waals surface area (Å²) in [7, 11) is 0. The smallest absolute Gasteiger partial charge is 0.238 e. The molecule has 9 aromatic rings. The maximum absolute atomic E-state index is 6.44. The maximum Gasteiger partial charge on any atom is 0.238 e. The third kappa shape index (κ3) is 3.29. The monoisotopic (exact) mass is 537 g/mol. The molecule has 0 unspecified atom stereocenters. The molecule has 0 saturated carbocycles. The van der Waals surface area contributed by atoms with Crippen LogP contribution in [0.15, 0.2) is 144 Å². The van der Waals surface area contributed by atoms with E-state index in [9.17, 15) is 0 Å². The molecular weight excluding hydrogens is 514 g/mol. The third-order valence-corrected chi connectivity index (χ3v) is 8.25. The fourth-order valence-electron chi connectivity index (χ4n) is 6.44. The fourth-order valence-corrected chi connectivity index (χ4v) is 6.44. The highest BCUT2D eigenvalue weighted by atomic mass is 16.3. The van der Waals surface area contributed by atoms with E-state index in [2.05, 4.69) is 126 Å². The van der Waals surface area contributed by atoms with E-state index in [0.717, 1.165) is 49.4 Å². The lowest BCUT2D eigenvalue weighted by Crippen LogP contribution is -2.03. The van der Waals surface area contributed by atoms with Gasteiger partial charge in [-0.15, -0.1) is 0 Å². The molecular formula is C38H23N3O. The van der Waals surface area contributed by atoms with E-state index in [4.69, 9.17) is 14.4 Å². The molecule has 4 nitrogen and oxygen atoms in total. The van der Waals surface area contributed by atoms with Gasteiger partial charge in [0.2, 0.25) is 11.7 Å². The lowest BCUT2D eigenvalue weighted by atomic mass is 9.92. The molecule has 4 heteroatoms. The van der Waals surface area contributed by atoms with Crippen molar-refractivity contribution in [1.29, 1.82) is 0 Å². The third-order valence-electron chi connectivity index (χ3n) is 8.25. The molecule has 0 aliphatic heterocycles. The summed E-state index contributed by atoms with van der Waals surface area (Å²) in [5.74, 6) is 0.586. The Morgan fingerprint density at radius 1 is 0.476 bits per heavy atom. The number of furan rings is 1. The summed E-state index contributed by atoms with van der Waals surface area (Å²) in [6, 6.07) is 48.5. The van der Waals surface area contributed by atoms with Gasteiger partial charge in [-0.3, -0.25) is 4.57 Å². The lowest BCUT2D eigenvalue weighted by Gasteiger charge is -2.14. The van der Waals surface area contributed by atoms with Crippen molar-refractivity contribution in [3.8, 4) is 28.3 Å². The Kier molecular flexibility index (Phi) is 4.87. The molecule has 0 atom stereocenters. The van der Waals surface area contributed by atoms with Gasteiger partial charge < -0.3 is 4.42 Å². The van der Waals surface area contributed by atoms with Crippen LogP contribution >= 0.6 is 0 Å². The van der Waals surface area contributed by atoms with Crippen molar-refractivity contribution in [3.05, 3.63) is 140 Å². The molecule has 3 heterocycles. The molecule has 0 amide bonds. The fraction of sp³-hybridized carbons (Fsp3) is 0. The number of fused-ring (bicyclic) bond motifs is 7. The molecule has 3 aromatic heterocycles. The zero-order valence-corrected chi connectivity index (χ0v) is 22.5. The van der Waals surface area contributed by atoms with Gasteiger partial charge in [0.15, 0.2) is 0 Å². The van der Waals surface area contributed by atoms with Crippen molar-refractivity contribution in [2.45, 2.75) is 0 Å². The van der Waals surface area contributed by atoms with Crippen LogP contribution in [0.2, 0.25) is 0 Å². The zero-order chi connectivity index (χ0) is 27.6. The van der Waals surface area contributed by atoms with E-state index in [1.54, 1.807) is 0 Å². The van der Waals surface area contributed by atoms with Crippen LogP contribution in [0.1, 0.15) is 0 Å². The molecule has 0 fully saturated rings. The molecule has 9 rings (SSSR count). The van der Waals surface area contributed by atoms with E-state index in [0.29, 0.717) is 11.7 Å². The van der Waals surface area contributed by atoms with Gasteiger partial charge in [-0.1, -0.05) is 121 Å². The van der Waals surface area contributed by atoms with E-state index in [-0.39, 0.29) is 0 Å². The van der Waals surface area contributed by atoms with Crippen molar-refractivity contribution in [2.24, 2.45) is 0 Å².